The molecule has 0 spiro atoms. The highest BCUT2D eigenvalue weighted by molar-refractivity contribution is 7.80. The Morgan fingerprint density at radius 2 is 2.16 bits per heavy atom. The lowest BCUT2D eigenvalue weighted by Crippen LogP contribution is -2.25. The number of aromatic hydroxyl groups is 1. The number of thiocarbonyl (C=S) groups is 1. The van der Waals surface area contributed by atoms with Crippen molar-refractivity contribution in [1.82, 2.24) is 9.88 Å². The number of aryl methyl sites for hydroxylation is 2. The standard InChI is InChI=1S/C13H11N3O2S/c1-6-4-3-5-7-8(12(18)16(2)10(6)7)9-11(17)15-13(19)14-9/h3-5,18H,1-2H3,(H,15,17,19). The van der Waals surface area contributed by atoms with Crippen molar-refractivity contribution < 1.29 is 9.90 Å². The zero-order chi connectivity index (χ0) is 13.7. The van der Waals surface area contributed by atoms with Gasteiger partial charge in [0.1, 0.15) is 5.71 Å². The number of rotatable bonds is 1. The molecule has 1 aromatic heterocycles. The molecular weight excluding hydrogens is 262 g/mol. The number of nitrogens with zero attached hydrogens (tertiary/aromatic N) is 2. The summed E-state index contributed by atoms with van der Waals surface area (Å²) < 4.78 is 1.65. The number of aromatic nitrogens is 1. The van der Waals surface area contributed by atoms with Crippen molar-refractivity contribution in [3.05, 3.63) is 29.3 Å². The number of amides is 1. The summed E-state index contributed by atoms with van der Waals surface area (Å²) in [4.78, 5) is 15.8. The van der Waals surface area contributed by atoms with Gasteiger partial charge in [-0.25, -0.2) is 4.99 Å². The maximum atomic E-state index is 11.8. The lowest BCUT2D eigenvalue weighted by atomic mass is 10.1. The van der Waals surface area contributed by atoms with Crippen LogP contribution >= 0.6 is 12.2 Å². The molecule has 2 N–H and O–H groups in total. The predicted octanol–water partition coefficient (Wildman–Crippen LogP) is 1.40. The van der Waals surface area contributed by atoms with Crippen molar-refractivity contribution in [3.63, 3.8) is 0 Å². The molecule has 96 valence electrons. The summed E-state index contributed by atoms with van der Waals surface area (Å²) in [6.07, 6.45) is 0. The van der Waals surface area contributed by atoms with Crippen LogP contribution in [-0.4, -0.2) is 26.4 Å². The second-order valence-electron chi connectivity index (χ2n) is 4.45. The molecule has 6 heteroatoms. The van der Waals surface area contributed by atoms with Crippen LogP contribution in [0.5, 0.6) is 5.88 Å². The van der Waals surface area contributed by atoms with Gasteiger partial charge in [0, 0.05) is 12.4 Å². The fourth-order valence-corrected chi connectivity index (χ4v) is 2.62. The minimum Gasteiger partial charge on any atom is -0.494 e. The van der Waals surface area contributed by atoms with Gasteiger partial charge >= 0.3 is 0 Å². The molecule has 0 unspecified atom stereocenters. The molecule has 0 radical (unpaired) electrons. The van der Waals surface area contributed by atoms with Crippen LogP contribution in [0.15, 0.2) is 23.2 Å². The van der Waals surface area contributed by atoms with E-state index < -0.39 is 0 Å². The van der Waals surface area contributed by atoms with Gasteiger partial charge in [-0.3, -0.25) is 10.1 Å². The third-order valence-corrected chi connectivity index (χ3v) is 3.46. The maximum absolute atomic E-state index is 11.8. The van der Waals surface area contributed by atoms with Gasteiger partial charge in [-0.05, 0) is 24.7 Å². The molecule has 0 atom stereocenters. The summed E-state index contributed by atoms with van der Waals surface area (Å²) in [6.45, 7) is 1.95. The van der Waals surface area contributed by atoms with E-state index in [0.29, 0.717) is 5.56 Å². The van der Waals surface area contributed by atoms with Crippen LogP contribution in [0.25, 0.3) is 10.9 Å². The number of fused-ring (bicyclic) bond motifs is 1. The third-order valence-electron chi connectivity index (χ3n) is 3.27. The van der Waals surface area contributed by atoms with Gasteiger partial charge in [0.25, 0.3) is 5.91 Å². The molecule has 19 heavy (non-hydrogen) atoms. The third kappa shape index (κ3) is 1.57. The highest BCUT2D eigenvalue weighted by atomic mass is 32.1. The highest BCUT2D eigenvalue weighted by Crippen LogP contribution is 2.33. The summed E-state index contributed by atoms with van der Waals surface area (Å²) >= 11 is 4.86. The molecule has 0 saturated carbocycles. The second kappa shape index (κ2) is 3.89. The molecular formula is C13H11N3O2S. The fourth-order valence-electron chi connectivity index (χ4n) is 2.44. The number of carbonyl (C=O) groups is 1. The molecule has 3 rings (SSSR count). The Kier molecular flexibility index (Phi) is 2.43. The summed E-state index contributed by atoms with van der Waals surface area (Å²) in [5.41, 5.74) is 2.49. The summed E-state index contributed by atoms with van der Waals surface area (Å²) in [7, 11) is 1.75. The Morgan fingerprint density at radius 1 is 1.42 bits per heavy atom. The monoisotopic (exact) mass is 273 g/mol. The van der Waals surface area contributed by atoms with Gasteiger partial charge < -0.3 is 9.67 Å². The predicted molar refractivity (Wildman–Crippen MR) is 76.6 cm³/mol. The normalized spacial score (nSPS) is 14.9. The van der Waals surface area contributed by atoms with Crippen LogP contribution in [-0.2, 0) is 11.8 Å². The van der Waals surface area contributed by atoms with Crippen molar-refractivity contribution in [2.24, 2.45) is 12.0 Å². The molecule has 1 aromatic carbocycles. The number of para-hydroxylation sites is 1. The fraction of sp³-hybridized carbons (Fsp3) is 0.154. The summed E-state index contributed by atoms with van der Waals surface area (Å²) in [5.74, 6) is -0.364. The van der Waals surface area contributed by atoms with Crippen LogP contribution in [0.3, 0.4) is 0 Å². The minimum atomic E-state index is -0.380. The summed E-state index contributed by atoms with van der Waals surface area (Å²) in [5, 5.41) is 13.6. The molecule has 0 fully saturated rings. The first-order chi connectivity index (χ1) is 9.00. The molecule has 1 aliphatic heterocycles. The van der Waals surface area contributed by atoms with Crippen LogP contribution in [0, 0.1) is 6.92 Å². The number of hydrogen-bond donors (Lipinski definition) is 2. The van der Waals surface area contributed by atoms with Gasteiger partial charge in [-0.2, -0.15) is 0 Å². The zero-order valence-corrected chi connectivity index (χ0v) is 11.2. The number of hydrogen-bond acceptors (Lipinski definition) is 3. The first-order valence-corrected chi connectivity index (χ1v) is 6.13. The second-order valence-corrected chi connectivity index (χ2v) is 4.84. The van der Waals surface area contributed by atoms with Gasteiger partial charge in [0.05, 0.1) is 11.1 Å². The van der Waals surface area contributed by atoms with E-state index in [2.05, 4.69) is 10.3 Å². The van der Waals surface area contributed by atoms with Crippen LogP contribution in [0.4, 0.5) is 0 Å². The average Bonchev–Trinajstić information content (AvgIpc) is 2.79. The first kappa shape index (κ1) is 11.9. The lowest BCUT2D eigenvalue weighted by Gasteiger charge is -2.00. The Morgan fingerprint density at radius 3 is 2.79 bits per heavy atom. The van der Waals surface area contributed by atoms with Crippen LogP contribution in [0.1, 0.15) is 11.1 Å². The molecule has 2 aromatic rings. The van der Waals surface area contributed by atoms with Crippen molar-refractivity contribution in [2.45, 2.75) is 6.92 Å². The number of carbonyl (C=O) groups excluding carboxylic acids is 1. The first-order valence-electron chi connectivity index (χ1n) is 5.72. The van der Waals surface area contributed by atoms with E-state index in [4.69, 9.17) is 12.2 Å². The molecule has 5 nitrogen and oxygen atoms in total. The van der Waals surface area contributed by atoms with Gasteiger partial charge in [-0.15, -0.1) is 0 Å². The number of benzene rings is 1. The smallest absolute Gasteiger partial charge is 0.277 e. The van der Waals surface area contributed by atoms with Crippen molar-refractivity contribution in [2.75, 3.05) is 0 Å². The van der Waals surface area contributed by atoms with Gasteiger partial charge in [0.2, 0.25) is 11.0 Å². The SMILES string of the molecule is Cc1cccc2c(C3=NC(=S)NC3=O)c(O)n(C)c12. The van der Waals surface area contributed by atoms with Crippen LogP contribution < -0.4 is 5.32 Å². The van der Waals surface area contributed by atoms with Gasteiger partial charge in [0.15, 0.2) is 0 Å². The summed E-state index contributed by atoms with van der Waals surface area (Å²) in [6, 6.07) is 5.69. The Balaban J connectivity index is 2.40. The Hall–Kier alpha value is -2.21. The van der Waals surface area contributed by atoms with Gasteiger partial charge in [-0.1, -0.05) is 18.2 Å². The molecule has 0 saturated heterocycles. The topological polar surface area (TPSA) is 66.6 Å². The van der Waals surface area contributed by atoms with Crippen molar-refractivity contribution >= 4 is 39.9 Å². The van der Waals surface area contributed by atoms with E-state index >= 15 is 0 Å². The maximum Gasteiger partial charge on any atom is 0.277 e. The number of aliphatic imine (C=N–C) groups is 1. The molecule has 1 aliphatic rings. The quantitative estimate of drug-likeness (QED) is 0.772. The van der Waals surface area contributed by atoms with E-state index in [-0.39, 0.29) is 22.6 Å². The lowest BCUT2D eigenvalue weighted by molar-refractivity contribution is -0.113. The zero-order valence-electron chi connectivity index (χ0n) is 10.4. The molecule has 2 heterocycles. The van der Waals surface area contributed by atoms with Crippen molar-refractivity contribution in [3.8, 4) is 5.88 Å². The Bertz CT molecular complexity index is 774. The Labute approximate surface area is 114 Å². The van der Waals surface area contributed by atoms with Crippen LogP contribution in [0.2, 0.25) is 0 Å². The molecule has 0 bridgehead atoms. The average molecular weight is 273 g/mol. The van der Waals surface area contributed by atoms with E-state index in [1.807, 2.05) is 25.1 Å². The minimum absolute atomic E-state index is 0.0166. The van der Waals surface area contributed by atoms with E-state index in [1.165, 1.54) is 0 Å². The largest absolute Gasteiger partial charge is 0.494 e. The van der Waals surface area contributed by atoms with E-state index in [0.717, 1.165) is 16.5 Å². The highest BCUT2D eigenvalue weighted by Gasteiger charge is 2.29. The van der Waals surface area contributed by atoms with E-state index in [1.54, 1.807) is 11.6 Å². The molecule has 0 aliphatic carbocycles. The van der Waals surface area contributed by atoms with E-state index in [9.17, 15) is 9.90 Å². The number of nitrogens with one attached hydrogen (secondary N) is 1. The van der Waals surface area contributed by atoms with Crippen molar-refractivity contribution in [1.29, 1.82) is 0 Å². The molecule has 1 amide bonds.